The van der Waals surface area contributed by atoms with Crippen molar-refractivity contribution < 1.29 is 4.79 Å². The molecule has 0 radical (unpaired) electrons. The van der Waals surface area contributed by atoms with Crippen LogP contribution in [0.2, 0.25) is 0 Å². The Kier molecular flexibility index (Phi) is 6.17. The highest BCUT2D eigenvalue weighted by Gasteiger charge is 2.42. The van der Waals surface area contributed by atoms with Crippen molar-refractivity contribution in [3.05, 3.63) is 0 Å². The van der Waals surface area contributed by atoms with Crippen LogP contribution in [-0.4, -0.2) is 62.7 Å². The second-order valence-electron chi connectivity index (χ2n) is 8.63. The molecular weight excluding hydrogens is 300 g/mol. The molecule has 0 spiro atoms. The lowest BCUT2D eigenvalue weighted by Crippen LogP contribution is -2.54. The Morgan fingerprint density at radius 1 is 1.25 bits per heavy atom. The summed E-state index contributed by atoms with van der Waals surface area (Å²) in [4.78, 5) is 15.1. The first-order valence-corrected chi connectivity index (χ1v) is 9.96. The number of fused-ring (bicyclic) bond motifs is 1. The van der Waals surface area contributed by atoms with Crippen molar-refractivity contribution in [1.82, 2.24) is 20.9 Å². The quantitative estimate of drug-likeness (QED) is 0.706. The number of piperidine rings is 1. The minimum absolute atomic E-state index is 0.0155. The summed E-state index contributed by atoms with van der Waals surface area (Å²) in [7, 11) is 4.19. The number of likely N-dealkylation sites (N-methyl/N-ethyl adjacent to an activating group) is 1. The van der Waals surface area contributed by atoms with Gasteiger partial charge in [-0.2, -0.15) is 0 Å². The second-order valence-corrected chi connectivity index (χ2v) is 8.63. The third-order valence-corrected chi connectivity index (χ3v) is 6.40. The summed E-state index contributed by atoms with van der Waals surface area (Å²) in [5.74, 6) is 2.19. The smallest absolute Gasteiger partial charge is 0.237 e. The van der Waals surface area contributed by atoms with Gasteiger partial charge in [-0.05, 0) is 77.0 Å². The SMILES string of the molecule is CC1CCCC2CC(C(=O)NC(CN(C)C)C3CCCNC3)NC12. The van der Waals surface area contributed by atoms with Gasteiger partial charge in [-0.25, -0.2) is 0 Å². The van der Waals surface area contributed by atoms with Gasteiger partial charge in [-0.3, -0.25) is 4.79 Å². The van der Waals surface area contributed by atoms with Crippen LogP contribution < -0.4 is 16.0 Å². The van der Waals surface area contributed by atoms with E-state index in [1.54, 1.807) is 0 Å². The molecule has 3 fully saturated rings. The highest BCUT2D eigenvalue weighted by molar-refractivity contribution is 5.82. The van der Waals surface area contributed by atoms with Crippen LogP contribution in [0.1, 0.15) is 45.4 Å². The maximum atomic E-state index is 12.9. The van der Waals surface area contributed by atoms with Crippen LogP contribution in [0.4, 0.5) is 0 Å². The molecule has 3 aliphatic rings. The van der Waals surface area contributed by atoms with Crippen molar-refractivity contribution in [2.75, 3.05) is 33.7 Å². The third kappa shape index (κ3) is 4.30. The lowest BCUT2D eigenvalue weighted by Gasteiger charge is -2.34. The summed E-state index contributed by atoms with van der Waals surface area (Å²) in [6.45, 7) is 5.41. The van der Waals surface area contributed by atoms with Gasteiger partial charge in [-0.1, -0.05) is 13.3 Å². The number of nitrogens with zero attached hydrogens (tertiary/aromatic N) is 1. The normalized spacial score (nSPS) is 37.9. The maximum Gasteiger partial charge on any atom is 0.237 e. The molecule has 0 bridgehead atoms. The van der Waals surface area contributed by atoms with Crippen LogP contribution in [0.5, 0.6) is 0 Å². The number of hydrogen-bond donors (Lipinski definition) is 3. The van der Waals surface area contributed by atoms with Crippen molar-refractivity contribution in [2.24, 2.45) is 17.8 Å². The van der Waals surface area contributed by atoms with Crippen molar-refractivity contribution in [3.63, 3.8) is 0 Å². The Balaban J connectivity index is 1.58. The van der Waals surface area contributed by atoms with E-state index in [1.807, 2.05) is 0 Å². The van der Waals surface area contributed by atoms with Crippen LogP contribution >= 0.6 is 0 Å². The minimum atomic E-state index is 0.0155. The van der Waals surface area contributed by atoms with E-state index in [4.69, 9.17) is 0 Å². The Morgan fingerprint density at radius 2 is 2.08 bits per heavy atom. The summed E-state index contributed by atoms with van der Waals surface area (Å²) in [5, 5.41) is 10.6. The summed E-state index contributed by atoms with van der Waals surface area (Å²) in [6.07, 6.45) is 7.38. The summed E-state index contributed by atoms with van der Waals surface area (Å²) in [5.41, 5.74) is 0. The zero-order valence-electron chi connectivity index (χ0n) is 15.7. The van der Waals surface area contributed by atoms with E-state index in [0.29, 0.717) is 23.8 Å². The zero-order chi connectivity index (χ0) is 17.1. The predicted molar refractivity (Wildman–Crippen MR) is 97.9 cm³/mol. The average Bonchev–Trinajstić information content (AvgIpc) is 3.00. The summed E-state index contributed by atoms with van der Waals surface area (Å²) >= 11 is 0. The van der Waals surface area contributed by atoms with Gasteiger partial charge in [0.05, 0.1) is 6.04 Å². The van der Waals surface area contributed by atoms with Gasteiger partial charge in [0.25, 0.3) is 0 Å². The molecule has 24 heavy (non-hydrogen) atoms. The molecule has 6 unspecified atom stereocenters. The molecule has 0 aromatic carbocycles. The molecule has 0 aromatic rings. The number of nitrogens with one attached hydrogen (secondary N) is 3. The van der Waals surface area contributed by atoms with Crippen molar-refractivity contribution in [1.29, 1.82) is 0 Å². The highest BCUT2D eigenvalue weighted by atomic mass is 16.2. The molecule has 138 valence electrons. The van der Waals surface area contributed by atoms with Gasteiger partial charge in [0.1, 0.15) is 0 Å². The number of hydrogen-bond acceptors (Lipinski definition) is 4. The molecule has 0 aromatic heterocycles. The Labute approximate surface area is 147 Å². The van der Waals surface area contributed by atoms with Gasteiger partial charge in [0, 0.05) is 18.6 Å². The Hall–Kier alpha value is -0.650. The number of amides is 1. The van der Waals surface area contributed by atoms with E-state index in [0.717, 1.165) is 26.1 Å². The molecule has 2 aliphatic heterocycles. The molecule has 1 saturated carbocycles. The maximum absolute atomic E-state index is 12.9. The molecule has 1 aliphatic carbocycles. The van der Waals surface area contributed by atoms with Crippen LogP contribution in [0, 0.1) is 17.8 Å². The molecular formula is C19H36N4O. The average molecular weight is 337 g/mol. The first-order chi connectivity index (χ1) is 11.5. The van der Waals surface area contributed by atoms with Crippen LogP contribution in [-0.2, 0) is 4.79 Å². The van der Waals surface area contributed by atoms with Crippen LogP contribution in [0.3, 0.4) is 0 Å². The minimum Gasteiger partial charge on any atom is -0.350 e. The van der Waals surface area contributed by atoms with Crippen molar-refractivity contribution in [2.45, 2.75) is 63.6 Å². The molecule has 2 saturated heterocycles. The van der Waals surface area contributed by atoms with Crippen molar-refractivity contribution in [3.8, 4) is 0 Å². The van der Waals surface area contributed by atoms with E-state index in [1.165, 1.54) is 32.1 Å². The summed E-state index contributed by atoms with van der Waals surface area (Å²) in [6, 6.07) is 0.821. The standard InChI is InChI=1S/C19H36N4O/c1-13-6-4-7-14-10-16(21-18(13)14)19(24)22-17(12-23(2)3)15-8-5-9-20-11-15/h13-18,20-21H,4-12H2,1-3H3,(H,22,24). The van der Waals surface area contributed by atoms with Gasteiger partial charge < -0.3 is 20.9 Å². The number of carbonyl (C=O) groups excluding carboxylic acids is 1. The largest absolute Gasteiger partial charge is 0.350 e. The zero-order valence-corrected chi connectivity index (χ0v) is 15.7. The molecule has 6 atom stereocenters. The van der Waals surface area contributed by atoms with Gasteiger partial charge in [0.15, 0.2) is 0 Å². The Morgan fingerprint density at radius 3 is 2.75 bits per heavy atom. The fourth-order valence-corrected chi connectivity index (χ4v) is 5.09. The molecule has 2 heterocycles. The van der Waals surface area contributed by atoms with E-state index >= 15 is 0 Å². The molecule has 5 heteroatoms. The van der Waals surface area contributed by atoms with E-state index in [-0.39, 0.29) is 18.0 Å². The second kappa shape index (κ2) is 8.15. The van der Waals surface area contributed by atoms with Gasteiger partial charge >= 0.3 is 0 Å². The molecule has 3 rings (SSSR count). The summed E-state index contributed by atoms with van der Waals surface area (Å²) < 4.78 is 0. The third-order valence-electron chi connectivity index (χ3n) is 6.40. The predicted octanol–water partition coefficient (Wildman–Crippen LogP) is 1.20. The lowest BCUT2D eigenvalue weighted by atomic mass is 9.78. The molecule has 5 nitrogen and oxygen atoms in total. The van der Waals surface area contributed by atoms with Crippen LogP contribution in [0.25, 0.3) is 0 Å². The molecule has 3 N–H and O–H groups in total. The van der Waals surface area contributed by atoms with E-state index in [2.05, 4.69) is 41.9 Å². The fourth-order valence-electron chi connectivity index (χ4n) is 5.09. The van der Waals surface area contributed by atoms with Gasteiger partial charge in [-0.15, -0.1) is 0 Å². The highest BCUT2D eigenvalue weighted by Crippen LogP contribution is 2.36. The van der Waals surface area contributed by atoms with Gasteiger partial charge in [0.2, 0.25) is 5.91 Å². The van der Waals surface area contributed by atoms with Crippen LogP contribution in [0.15, 0.2) is 0 Å². The number of rotatable bonds is 5. The first-order valence-electron chi connectivity index (χ1n) is 9.96. The number of carbonyl (C=O) groups is 1. The lowest BCUT2D eigenvalue weighted by molar-refractivity contribution is -0.124. The Bertz CT molecular complexity index is 422. The topological polar surface area (TPSA) is 56.4 Å². The molecule has 1 amide bonds. The van der Waals surface area contributed by atoms with E-state index < -0.39 is 0 Å². The fraction of sp³-hybridized carbons (Fsp3) is 0.947. The monoisotopic (exact) mass is 336 g/mol. The van der Waals surface area contributed by atoms with E-state index in [9.17, 15) is 4.79 Å². The van der Waals surface area contributed by atoms with Crippen molar-refractivity contribution >= 4 is 5.91 Å². The first kappa shape index (κ1) is 18.2.